The summed E-state index contributed by atoms with van der Waals surface area (Å²) in [5.41, 5.74) is 3.02. The van der Waals surface area contributed by atoms with Crippen molar-refractivity contribution < 1.29 is 4.79 Å². The summed E-state index contributed by atoms with van der Waals surface area (Å²) in [5, 5.41) is 0. The Kier molecular flexibility index (Phi) is 4.92. The van der Waals surface area contributed by atoms with E-state index in [9.17, 15) is 4.79 Å². The molecule has 2 rings (SSSR count). The van der Waals surface area contributed by atoms with Gasteiger partial charge >= 0.3 is 0 Å². The van der Waals surface area contributed by atoms with E-state index in [1.807, 2.05) is 13.0 Å². The summed E-state index contributed by atoms with van der Waals surface area (Å²) in [6, 6.07) is 2.61. The van der Waals surface area contributed by atoms with Crippen LogP contribution >= 0.6 is 11.6 Å². The van der Waals surface area contributed by atoms with Gasteiger partial charge in [-0.1, -0.05) is 0 Å². The first-order valence-corrected chi connectivity index (χ1v) is 7.97. The summed E-state index contributed by atoms with van der Waals surface area (Å²) < 4.78 is 2.29. The third-order valence-electron chi connectivity index (χ3n) is 4.48. The minimum absolute atomic E-state index is 0.0289. The van der Waals surface area contributed by atoms with Crippen LogP contribution in [0.2, 0.25) is 0 Å². The number of nitrogens with zero attached hydrogens (tertiary/aromatic N) is 2. The van der Waals surface area contributed by atoms with E-state index >= 15 is 0 Å². The number of halogens is 1. The fourth-order valence-corrected chi connectivity index (χ4v) is 3.32. The van der Waals surface area contributed by atoms with Crippen molar-refractivity contribution in [2.45, 2.75) is 46.7 Å². The van der Waals surface area contributed by atoms with Crippen LogP contribution in [0.4, 0.5) is 0 Å². The predicted molar refractivity (Wildman–Crippen MR) is 83.8 cm³/mol. The molecular weight excluding hydrogens is 272 g/mol. The lowest BCUT2D eigenvalue weighted by Gasteiger charge is -2.21. The topological polar surface area (TPSA) is 25.2 Å². The summed E-state index contributed by atoms with van der Waals surface area (Å²) in [6.07, 6.45) is 1.24. The maximum atomic E-state index is 11.8. The average Bonchev–Trinajstić information content (AvgIpc) is 2.98. The van der Waals surface area contributed by atoms with E-state index in [2.05, 4.69) is 30.2 Å². The van der Waals surface area contributed by atoms with Gasteiger partial charge in [0.05, 0.1) is 5.88 Å². The molecule has 3 nitrogen and oxygen atoms in total. The second-order valence-corrected chi connectivity index (χ2v) is 6.46. The van der Waals surface area contributed by atoms with E-state index < -0.39 is 0 Å². The summed E-state index contributed by atoms with van der Waals surface area (Å²) in [5.74, 6) is 0.775. The Labute approximate surface area is 126 Å². The van der Waals surface area contributed by atoms with E-state index in [0.29, 0.717) is 12.0 Å². The van der Waals surface area contributed by atoms with Gasteiger partial charge in [-0.3, -0.25) is 4.79 Å². The predicted octanol–water partition coefficient (Wildman–Crippen LogP) is 3.26. The molecule has 0 N–H and O–H groups in total. The van der Waals surface area contributed by atoms with Crippen LogP contribution < -0.4 is 0 Å². The first kappa shape index (κ1) is 15.6. The van der Waals surface area contributed by atoms with Crippen LogP contribution in [-0.2, 0) is 6.54 Å². The molecule has 0 amide bonds. The van der Waals surface area contributed by atoms with Crippen LogP contribution in [0.25, 0.3) is 0 Å². The van der Waals surface area contributed by atoms with Crippen LogP contribution in [0.3, 0.4) is 0 Å². The van der Waals surface area contributed by atoms with Gasteiger partial charge in [-0.05, 0) is 52.6 Å². The Morgan fingerprint density at radius 1 is 1.45 bits per heavy atom. The molecule has 20 heavy (non-hydrogen) atoms. The standard InChI is InChI=1S/C16H25ClN2O/c1-11(2)18-6-5-14(9-18)10-19-12(3)7-15(13(19)4)16(20)8-17/h7,11,14H,5-6,8-10H2,1-4H3. The lowest BCUT2D eigenvalue weighted by Crippen LogP contribution is -2.29. The van der Waals surface area contributed by atoms with Crippen molar-refractivity contribution in [2.24, 2.45) is 5.92 Å². The SMILES string of the molecule is Cc1cc(C(=O)CCl)c(C)n1CC1CCN(C(C)C)C1. The Bertz CT molecular complexity index is 493. The fraction of sp³-hybridized carbons (Fsp3) is 0.688. The van der Waals surface area contributed by atoms with Crippen LogP contribution in [0.5, 0.6) is 0 Å². The molecule has 4 heteroatoms. The maximum Gasteiger partial charge on any atom is 0.179 e. The molecule has 0 aromatic carbocycles. The van der Waals surface area contributed by atoms with Crippen molar-refractivity contribution in [3.8, 4) is 0 Å². The Morgan fingerprint density at radius 3 is 2.70 bits per heavy atom. The lowest BCUT2D eigenvalue weighted by atomic mass is 10.1. The highest BCUT2D eigenvalue weighted by atomic mass is 35.5. The zero-order chi connectivity index (χ0) is 14.9. The molecule has 1 fully saturated rings. The highest BCUT2D eigenvalue weighted by Crippen LogP contribution is 2.24. The van der Waals surface area contributed by atoms with Crippen molar-refractivity contribution in [1.82, 2.24) is 9.47 Å². The quantitative estimate of drug-likeness (QED) is 0.615. The van der Waals surface area contributed by atoms with Crippen LogP contribution in [0.1, 0.15) is 42.0 Å². The number of carbonyl (C=O) groups is 1. The largest absolute Gasteiger partial charge is 0.348 e. The molecule has 1 aliphatic rings. The number of carbonyl (C=O) groups excluding carboxylic acids is 1. The third kappa shape index (κ3) is 3.09. The normalized spacial score (nSPS) is 20.0. The molecule has 1 saturated heterocycles. The van der Waals surface area contributed by atoms with Crippen molar-refractivity contribution in [3.05, 3.63) is 23.0 Å². The molecule has 1 aromatic heterocycles. The van der Waals surface area contributed by atoms with E-state index in [1.165, 1.54) is 18.7 Å². The third-order valence-corrected chi connectivity index (χ3v) is 4.73. The van der Waals surface area contributed by atoms with Gasteiger partial charge in [-0.2, -0.15) is 0 Å². The van der Waals surface area contributed by atoms with Gasteiger partial charge in [-0.25, -0.2) is 0 Å². The van der Waals surface area contributed by atoms with Gasteiger partial charge in [-0.15, -0.1) is 11.6 Å². The Balaban J connectivity index is 2.11. The number of likely N-dealkylation sites (tertiary alicyclic amines) is 1. The van der Waals surface area contributed by atoms with E-state index in [1.54, 1.807) is 0 Å². The molecular formula is C16H25ClN2O. The smallest absolute Gasteiger partial charge is 0.179 e. The van der Waals surface area contributed by atoms with Crippen molar-refractivity contribution in [3.63, 3.8) is 0 Å². The number of aryl methyl sites for hydroxylation is 1. The monoisotopic (exact) mass is 296 g/mol. The highest BCUT2D eigenvalue weighted by Gasteiger charge is 2.25. The maximum absolute atomic E-state index is 11.8. The molecule has 112 valence electrons. The van der Waals surface area contributed by atoms with Gasteiger partial charge in [0, 0.05) is 36.1 Å². The fourth-order valence-electron chi connectivity index (χ4n) is 3.18. The number of ketones is 1. The van der Waals surface area contributed by atoms with Gasteiger partial charge in [0.2, 0.25) is 0 Å². The minimum Gasteiger partial charge on any atom is -0.348 e. The summed E-state index contributed by atoms with van der Waals surface area (Å²) >= 11 is 5.68. The highest BCUT2D eigenvalue weighted by molar-refractivity contribution is 6.30. The lowest BCUT2D eigenvalue weighted by molar-refractivity contribution is 0.102. The molecule has 0 saturated carbocycles. The average molecular weight is 297 g/mol. The second kappa shape index (κ2) is 6.31. The van der Waals surface area contributed by atoms with Crippen LogP contribution in [-0.4, -0.2) is 40.3 Å². The van der Waals surface area contributed by atoms with Gasteiger partial charge in [0.1, 0.15) is 0 Å². The number of alkyl halides is 1. The molecule has 1 aromatic rings. The van der Waals surface area contributed by atoms with E-state index in [0.717, 1.165) is 24.3 Å². The number of hydrogen-bond donors (Lipinski definition) is 0. The summed E-state index contributed by atoms with van der Waals surface area (Å²) in [7, 11) is 0. The molecule has 0 radical (unpaired) electrons. The molecule has 1 atom stereocenters. The molecule has 0 spiro atoms. The zero-order valence-corrected chi connectivity index (χ0v) is 13.7. The minimum atomic E-state index is 0.0289. The molecule has 0 aliphatic carbocycles. The van der Waals surface area contributed by atoms with Crippen molar-refractivity contribution in [1.29, 1.82) is 0 Å². The van der Waals surface area contributed by atoms with Crippen molar-refractivity contribution in [2.75, 3.05) is 19.0 Å². The molecule has 0 bridgehead atoms. The number of rotatable bonds is 5. The Morgan fingerprint density at radius 2 is 2.15 bits per heavy atom. The van der Waals surface area contributed by atoms with Gasteiger partial charge in [0.25, 0.3) is 0 Å². The first-order valence-electron chi connectivity index (χ1n) is 7.44. The Hall–Kier alpha value is -0.800. The zero-order valence-electron chi connectivity index (χ0n) is 12.9. The number of aromatic nitrogens is 1. The molecule has 2 heterocycles. The van der Waals surface area contributed by atoms with Gasteiger partial charge < -0.3 is 9.47 Å². The number of Topliss-reactive ketones (excluding diaryl/α,β-unsaturated/α-hetero) is 1. The number of hydrogen-bond acceptors (Lipinski definition) is 2. The summed E-state index contributed by atoms with van der Waals surface area (Å²) in [6.45, 7) is 12.0. The first-order chi connectivity index (χ1) is 9.43. The molecule has 1 aliphatic heterocycles. The second-order valence-electron chi connectivity index (χ2n) is 6.20. The van der Waals surface area contributed by atoms with Gasteiger partial charge in [0.15, 0.2) is 5.78 Å². The van der Waals surface area contributed by atoms with Crippen LogP contribution in [0, 0.1) is 19.8 Å². The summed E-state index contributed by atoms with van der Waals surface area (Å²) in [4.78, 5) is 14.4. The molecule has 1 unspecified atom stereocenters. The van der Waals surface area contributed by atoms with E-state index in [-0.39, 0.29) is 11.7 Å². The van der Waals surface area contributed by atoms with E-state index in [4.69, 9.17) is 11.6 Å². The van der Waals surface area contributed by atoms with Crippen molar-refractivity contribution >= 4 is 17.4 Å². The van der Waals surface area contributed by atoms with Crippen LogP contribution in [0.15, 0.2) is 6.07 Å².